The summed E-state index contributed by atoms with van der Waals surface area (Å²) < 4.78 is 1.74. The molecule has 4 heteroatoms. The number of fused-ring (bicyclic) bond motifs is 1. The van der Waals surface area contributed by atoms with Gasteiger partial charge < -0.3 is 0 Å². The number of aryl methyl sites for hydroxylation is 2. The molecule has 1 aliphatic carbocycles. The van der Waals surface area contributed by atoms with E-state index in [0.717, 1.165) is 32.2 Å². The number of hydrogen-bond donors (Lipinski definition) is 0. The molecule has 0 radical (unpaired) electrons. The van der Waals surface area contributed by atoms with E-state index in [-0.39, 0.29) is 11.7 Å². The monoisotopic (exact) mass is 269 g/mol. The predicted octanol–water partition coefficient (Wildman–Crippen LogP) is 2.99. The van der Waals surface area contributed by atoms with Gasteiger partial charge in [-0.05, 0) is 36.8 Å². The molecule has 1 atom stereocenters. The first-order chi connectivity index (χ1) is 9.81. The standard InChI is InChI=1S/C16H19N3O/c1-2-10-19-15(11-17-18-19)16(20)14-9-5-7-12-6-3-4-8-13(12)14/h3-4,6,8,11,14H,2,5,7,9-10H2,1H3. The van der Waals surface area contributed by atoms with Crippen LogP contribution in [0.5, 0.6) is 0 Å². The summed E-state index contributed by atoms with van der Waals surface area (Å²) in [4.78, 5) is 12.8. The fourth-order valence-corrected chi connectivity index (χ4v) is 3.03. The summed E-state index contributed by atoms with van der Waals surface area (Å²) in [6, 6.07) is 8.29. The molecule has 4 nitrogen and oxygen atoms in total. The second-order valence-corrected chi connectivity index (χ2v) is 5.35. The maximum absolute atomic E-state index is 12.8. The summed E-state index contributed by atoms with van der Waals surface area (Å²) in [5.74, 6) is 0.129. The Hall–Kier alpha value is -1.97. The van der Waals surface area contributed by atoms with E-state index >= 15 is 0 Å². The molecule has 0 bridgehead atoms. The van der Waals surface area contributed by atoms with E-state index in [1.54, 1.807) is 10.9 Å². The minimum absolute atomic E-state index is 0.0333. The van der Waals surface area contributed by atoms with Crippen LogP contribution in [0.1, 0.15) is 53.7 Å². The van der Waals surface area contributed by atoms with Crippen LogP contribution in [0.4, 0.5) is 0 Å². The van der Waals surface area contributed by atoms with Gasteiger partial charge in [0.1, 0.15) is 5.69 Å². The second-order valence-electron chi connectivity index (χ2n) is 5.35. The number of hydrogen-bond acceptors (Lipinski definition) is 3. The molecule has 0 fully saturated rings. The van der Waals surface area contributed by atoms with Crippen LogP contribution in [0, 0.1) is 0 Å². The molecule has 1 heterocycles. The van der Waals surface area contributed by atoms with Crippen molar-refractivity contribution in [1.29, 1.82) is 0 Å². The van der Waals surface area contributed by atoms with Gasteiger partial charge >= 0.3 is 0 Å². The fourth-order valence-electron chi connectivity index (χ4n) is 3.03. The van der Waals surface area contributed by atoms with E-state index in [4.69, 9.17) is 0 Å². The zero-order chi connectivity index (χ0) is 13.9. The molecular formula is C16H19N3O. The van der Waals surface area contributed by atoms with E-state index in [2.05, 4.69) is 35.4 Å². The van der Waals surface area contributed by atoms with E-state index in [0.29, 0.717) is 5.69 Å². The summed E-state index contributed by atoms with van der Waals surface area (Å²) in [5.41, 5.74) is 3.15. The van der Waals surface area contributed by atoms with Crippen LogP contribution in [0.2, 0.25) is 0 Å². The third kappa shape index (κ3) is 2.26. The largest absolute Gasteiger partial charge is 0.292 e. The van der Waals surface area contributed by atoms with E-state index in [1.165, 1.54) is 11.1 Å². The van der Waals surface area contributed by atoms with Crippen LogP contribution in [-0.2, 0) is 13.0 Å². The van der Waals surface area contributed by atoms with Crippen molar-refractivity contribution < 1.29 is 4.79 Å². The molecule has 1 aromatic carbocycles. The lowest BCUT2D eigenvalue weighted by atomic mass is 9.80. The quantitative estimate of drug-likeness (QED) is 0.802. The Balaban J connectivity index is 1.94. The first kappa shape index (κ1) is 13.0. The lowest BCUT2D eigenvalue weighted by Gasteiger charge is -2.24. The average molecular weight is 269 g/mol. The van der Waals surface area contributed by atoms with Crippen molar-refractivity contribution in [2.45, 2.75) is 45.1 Å². The van der Waals surface area contributed by atoms with Crippen molar-refractivity contribution >= 4 is 5.78 Å². The molecule has 1 unspecified atom stereocenters. The maximum Gasteiger partial charge on any atom is 0.189 e. The van der Waals surface area contributed by atoms with Crippen molar-refractivity contribution in [3.63, 3.8) is 0 Å². The summed E-state index contributed by atoms with van der Waals surface area (Å²) >= 11 is 0. The minimum atomic E-state index is -0.0333. The Morgan fingerprint density at radius 1 is 1.40 bits per heavy atom. The molecule has 0 spiro atoms. The summed E-state index contributed by atoms with van der Waals surface area (Å²) in [5, 5.41) is 7.93. The van der Waals surface area contributed by atoms with Crippen molar-refractivity contribution in [2.24, 2.45) is 0 Å². The molecule has 1 aromatic heterocycles. The van der Waals surface area contributed by atoms with Gasteiger partial charge in [0.15, 0.2) is 5.78 Å². The Labute approximate surface area is 118 Å². The minimum Gasteiger partial charge on any atom is -0.292 e. The third-order valence-corrected chi connectivity index (χ3v) is 3.99. The first-order valence-electron chi connectivity index (χ1n) is 7.31. The zero-order valence-electron chi connectivity index (χ0n) is 11.7. The van der Waals surface area contributed by atoms with E-state index in [1.807, 2.05) is 6.07 Å². The molecule has 2 aromatic rings. The number of carbonyl (C=O) groups is 1. The Bertz CT molecular complexity index is 618. The van der Waals surface area contributed by atoms with Gasteiger partial charge in [-0.15, -0.1) is 5.10 Å². The highest BCUT2D eigenvalue weighted by atomic mass is 16.1. The topological polar surface area (TPSA) is 47.8 Å². The van der Waals surface area contributed by atoms with Crippen molar-refractivity contribution in [1.82, 2.24) is 15.0 Å². The van der Waals surface area contributed by atoms with Crippen molar-refractivity contribution in [3.8, 4) is 0 Å². The maximum atomic E-state index is 12.8. The molecule has 0 amide bonds. The van der Waals surface area contributed by atoms with Crippen LogP contribution in [0.15, 0.2) is 30.5 Å². The number of aromatic nitrogens is 3. The number of carbonyl (C=O) groups excluding carboxylic acids is 1. The SMILES string of the molecule is CCCn1nncc1C(=O)C1CCCc2ccccc21. The molecule has 0 saturated heterocycles. The van der Waals surface area contributed by atoms with Crippen LogP contribution in [0.25, 0.3) is 0 Å². The highest BCUT2D eigenvalue weighted by molar-refractivity contribution is 5.99. The molecule has 3 rings (SSSR count). The molecule has 104 valence electrons. The highest BCUT2D eigenvalue weighted by Crippen LogP contribution is 2.33. The van der Waals surface area contributed by atoms with Crippen LogP contribution in [0.3, 0.4) is 0 Å². The Morgan fingerprint density at radius 2 is 2.25 bits per heavy atom. The van der Waals surface area contributed by atoms with Gasteiger partial charge in [0, 0.05) is 12.5 Å². The van der Waals surface area contributed by atoms with Crippen molar-refractivity contribution in [3.05, 3.63) is 47.3 Å². The molecule has 0 saturated carbocycles. The third-order valence-electron chi connectivity index (χ3n) is 3.99. The fraction of sp³-hybridized carbons (Fsp3) is 0.438. The van der Waals surface area contributed by atoms with Gasteiger partial charge in [-0.25, -0.2) is 4.68 Å². The van der Waals surface area contributed by atoms with Gasteiger partial charge in [-0.1, -0.05) is 36.4 Å². The van der Waals surface area contributed by atoms with Crippen molar-refractivity contribution in [2.75, 3.05) is 0 Å². The van der Waals surface area contributed by atoms with Crippen LogP contribution in [-0.4, -0.2) is 20.8 Å². The van der Waals surface area contributed by atoms with E-state index < -0.39 is 0 Å². The zero-order valence-corrected chi connectivity index (χ0v) is 11.7. The van der Waals surface area contributed by atoms with Gasteiger partial charge in [0.05, 0.1) is 6.20 Å². The number of benzene rings is 1. The lowest BCUT2D eigenvalue weighted by molar-refractivity contribution is 0.0940. The predicted molar refractivity (Wildman–Crippen MR) is 76.8 cm³/mol. The first-order valence-corrected chi connectivity index (χ1v) is 7.31. The summed E-state index contributed by atoms with van der Waals surface area (Å²) in [7, 11) is 0. The lowest BCUT2D eigenvalue weighted by Crippen LogP contribution is -2.21. The molecule has 0 N–H and O–H groups in total. The van der Waals surface area contributed by atoms with Gasteiger partial charge in [0.25, 0.3) is 0 Å². The smallest absolute Gasteiger partial charge is 0.189 e. The summed E-state index contributed by atoms with van der Waals surface area (Å²) in [6.07, 6.45) is 5.63. The van der Waals surface area contributed by atoms with Gasteiger partial charge in [-0.3, -0.25) is 4.79 Å². The summed E-state index contributed by atoms with van der Waals surface area (Å²) in [6.45, 7) is 2.82. The highest BCUT2D eigenvalue weighted by Gasteiger charge is 2.29. The Kier molecular flexibility index (Phi) is 3.63. The molecule has 1 aliphatic rings. The van der Waals surface area contributed by atoms with E-state index in [9.17, 15) is 4.79 Å². The average Bonchev–Trinajstić information content (AvgIpc) is 2.94. The normalized spacial score (nSPS) is 17.8. The number of ketones is 1. The number of rotatable bonds is 4. The second kappa shape index (κ2) is 5.57. The van der Waals surface area contributed by atoms with Gasteiger partial charge in [-0.2, -0.15) is 0 Å². The van der Waals surface area contributed by atoms with Gasteiger partial charge in [0.2, 0.25) is 0 Å². The molecular weight excluding hydrogens is 250 g/mol. The number of Topliss-reactive ketones (excluding diaryl/α,β-unsaturated/α-hetero) is 1. The molecule has 0 aliphatic heterocycles. The Morgan fingerprint density at radius 3 is 3.10 bits per heavy atom. The van der Waals surface area contributed by atoms with Crippen LogP contribution >= 0.6 is 0 Å². The van der Waals surface area contributed by atoms with Crippen LogP contribution < -0.4 is 0 Å². The number of nitrogens with zero attached hydrogens (tertiary/aromatic N) is 3. The molecule has 20 heavy (non-hydrogen) atoms.